The van der Waals surface area contributed by atoms with Gasteiger partial charge in [0.2, 0.25) is 11.5 Å². The summed E-state index contributed by atoms with van der Waals surface area (Å²) in [6.45, 7) is 0. The Bertz CT molecular complexity index is 1370. The van der Waals surface area contributed by atoms with E-state index in [0.717, 1.165) is 16.3 Å². The summed E-state index contributed by atoms with van der Waals surface area (Å²) in [6.07, 6.45) is 0. The van der Waals surface area contributed by atoms with E-state index in [4.69, 9.17) is 14.2 Å². The molecule has 0 spiro atoms. The third-order valence-electron chi connectivity index (χ3n) is 5.00. The maximum Gasteiger partial charge on any atom is 0.327 e. The van der Waals surface area contributed by atoms with Gasteiger partial charge in [0.1, 0.15) is 5.56 Å². The third-order valence-corrected chi connectivity index (χ3v) is 5.76. The number of nitro groups is 1. The van der Waals surface area contributed by atoms with Gasteiger partial charge in [0.15, 0.2) is 10.9 Å². The number of fused-ring (bicyclic) bond motifs is 1. The van der Waals surface area contributed by atoms with Gasteiger partial charge in [-0.25, -0.2) is 4.98 Å². The molecule has 0 aliphatic carbocycles. The van der Waals surface area contributed by atoms with Crippen molar-refractivity contribution in [2.24, 2.45) is 0 Å². The first-order valence-corrected chi connectivity index (χ1v) is 10.6. The highest BCUT2D eigenvalue weighted by atomic mass is 32.1. The molecule has 3 aromatic carbocycles. The van der Waals surface area contributed by atoms with Crippen molar-refractivity contribution in [1.29, 1.82) is 0 Å². The SMILES string of the molecule is COc1cc(C(=O)Nc2nc(-c3ccc4ccccc4c3)cs2)c([N+](=O)[O-])c(OC)c1OC. The number of hydrogen-bond donors (Lipinski definition) is 1. The first kappa shape index (κ1) is 22.0. The summed E-state index contributed by atoms with van der Waals surface area (Å²) in [5.41, 5.74) is 0.806. The lowest BCUT2D eigenvalue weighted by atomic mass is 10.1. The Balaban J connectivity index is 1.67. The predicted molar refractivity (Wildman–Crippen MR) is 126 cm³/mol. The standard InChI is InChI=1S/C23H19N3O6S/c1-30-18-11-16(19(26(28)29)21(32-3)20(18)31-2)22(27)25-23-24-17(12-33-23)15-9-8-13-6-4-5-7-14(13)10-15/h4-12H,1-3H3,(H,24,25,27). The van der Waals surface area contributed by atoms with Gasteiger partial charge >= 0.3 is 5.69 Å². The fraction of sp³-hybridized carbons (Fsp3) is 0.130. The minimum atomic E-state index is -0.722. The van der Waals surface area contributed by atoms with E-state index in [2.05, 4.69) is 10.3 Å². The fourth-order valence-corrected chi connectivity index (χ4v) is 4.19. The molecule has 0 saturated heterocycles. The molecule has 0 bridgehead atoms. The molecule has 0 aliphatic rings. The van der Waals surface area contributed by atoms with E-state index >= 15 is 0 Å². The van der Waals surface area contributed by atoms with Gasteiger partial charge in [-0.05, 0) is 16.8 Å². The predicted octanol–water partition coefficient (Wildman–Crippen LogP) is 5.15. The van der Waals surface area contributed by atoms with Crippen molar-refractivity contribution in [2.45, 2.75) is 0 Å². The zero-order chi connectivity index (χ0) is 23.5. The molecule has 10 heteroatoms. The smallest absolute Gasteiger partial charge is 0.327 e. The second kappa shape index (κ2) is 9.13. The zero-order valence-electron chi connectivity index (χ0n) is 17.9. The van der Waals surface area contributed by atoms with Crippen molar-refractivity contribution < 1.29 is 23.9 Å². The van der Waals surface area contributed by atoms with Crippen LogP contribution in [0.4, 0.5) is 10.8 Å². The number of carbonyl (C=O) groups excluding carboxylic acids is 1. The average Bonchev–Trinajstić information content (AvgIpc) is 3.30. The molecule has 9 nitrogen and oxygen atoms in total. The van der Waals surface area contributed by atoms with Gasteiger partial charge in [-0.2, -0.15) is 0 Å². The number of nitrogens with zero attached hydrogens (tertiary/aromatic N) is 2. The second-order valence-corrected chi connectivity index (χ2v) is 7.71. The molecule has 1 heterocycles. The van der Waals surface area contributed by atoms with Gasteiger partial charge < -0.3 is 14.2 Å². The van der Waals surface area contributed by atoms with Crippen molar-refractivity contribution in [2.75, 3.05) is 26.6 Å². The Labute approximate surface area is 192 Å². The maximum absolute atomic E-state index is 13.0. The molecule has 1 aromatic heterocycles. The molecule has 33 heavy (non-hydrogen) atoms. The number of nitrogens with one attached hydrogen (secondary N) is 1. The van der Waals surface area contributed by atoms with E-state index in [9.17, 15) is 14.9 Å². The highest BCUT2D eigenvalue weighted by Crippen LogP contribution is 2.46. The summed E-state index contributed by atoms with van der Waals surface area (Å²) in [5.74, 6) is -0.777. The summed E-state index contributed by atoms with van der Waals surface area (Å²) in [4.78, 5) is 28.5. The van der Waals surface area contributed by atoms with E-state index in [1.165, 1.54) is 38.7 Å². The third kappa shape index (κ3) is 4.15. The fourth-order valence-electron chi connectivity index (χ4n) is 3.47. The lowest BCUT2D eigenvalue weighted by Crippen LogP contribution is -2.15. The highest BCUT2D eigenvalue weighted by molar-refractivity contribution is 7.14. The van der Waals surface area contributed by atoms with Crippen molar-refractivity contribution in [1.82, 2.24) is 4.98 Å². The van der Waals surface area contributed by atoms with Crippen LogP contribution in [0.3, 0.4) is 0 Å². The molecule has 0 atom stereocenters. The molecular weight excluding hydrogens is 446 g/mol. The topological polar surface area (TPSA) is 113 Å². The maximum atomic E-state index is 13.0. The molecule has 0 radical (unpaired) electrons. The lowest BCUT2D eigenvalue weighted by Gasteiger charge is -2.14. The molecule has 0 aliphatic heterocycles. The Morgan fingerprint density at radius 1 is 1.00 bits per heavy atom. The second-order valence-electron chi connectivity index (χ2n) is 6.85. The van der Waals surface area contributed by atoms with Gasteiger partial charge in [-0.15, -0.1) is 11.3 Å². The number of ether oxygens (including phenoxy) is 3. The van der Waals surface area contributed by atoms with Gasteiger partial charge in [-0.3, -0.25) is 20.2 Å². The molecule has 0 saturated carbocycles. The Kier molecular flexibility index (Phi) is 6.09. The quantitative estimate of drug-likeness (QED) is 0.297. The van der Waals surface area contributed by atoms with Crippen LogP contribution in [-0.4, -0.2) is 37.1 Å². The number of thiazole rings is 1. The van der Waals surface area contributed by atoms with Gasteiger partial charge in [-0.1, -0.05) is 36.4 Å². The number of rotatable bonds is 7. The molecule has 1 N–H and O–H groups in total. The molecule has 4 rings (SSSR count). The van der Waals surface area contributed by atoms with Crippen LogP contribution in [0.2, 0.25) is 0 Å². The van der Waals surface area contributed by atoms with Crippen LogP contribution in [0.25, 0.3) is 22.0 Å². The summed E-state index contributed by atoms with van der Waals surface area (Å²) >= 11 is 1.21. The van der Waals surface area contributed by atoms with E-state index in [1.54, 1.807) is 0 Å². The number of methoxy groups -OCH3 is 3. The van der Waals surface area contributed by atoms with Gasteiger partial charge in [0, 0.05) is 17.0 Å². The van der Waals surface area contributed by atoms with Crippen molar-refractivity contribution >= 4 is 38.8 Å². The molecule has 0 fully saturated rings. The average molecular weight is 465 g/mol. The lowest BCUT2D eigenvalue weighted by molar-refractivity contribution is -0.386. The van der Waals surface area contributed by atoms with Crippen LogP contribution in [0.5, 0.6) is 17.2 Å². The summed E-state index contributed by atoms with van der Waals surface area (Å²) in [6, 6.07) is 15.2. The Hall–Kier alpha value is -4.18. The number of aromatic nitrogens is 1. The van der Waals surface area contributed by atoms with Crippen LogP contribution < -0.4 is 19.5 Å². The molecule has 1 amide bonds. The van der Waals surface area contributed by atoms with E-state index in [0.29, 0.717) is 10.8 Å². The molecule has 0 unspecified atom stereocenters. The number of nitro benzene ring substituents is 1. The van der Waals surface area contributed by atoms with E-state index < -0.39 is 16.5 Å². The first-order chi connectivity index (χ1) is 16.0. The van der Waals surface area contributed by atoms with E-state index in [1.807, 2.05) is 47.8 Å². The van der Waals surface area contributed by atoms with Crippen molar-refractivity contribution in [3.63, 3.8) is 0 Å². The number of hydrogen-bond acceptors (Lipinski definition) is 8. The van der Waals surface area contributed by atoms with Crippen molar-refractivity contribution in [3.05, 3.63) is 69.6 Å². The van der Waals surface area contributed by atoms with Crippen LogP contribution >= 0.6 is 11.3 Å². The zero-order valence-corrected chi connectivity index (χ0v) is 18.8. The summed E-state index contributed by atoms with van der Waals surface area (Å²) in [7, 11) is 3.94. The Morgan fingerprint density at radius 3 is 2.39 bits per heavy atom. The van der Waals surface area contributed by atoms with Crippen LogP contribution in [-0.2, 0) is 0 Å². The first-order valence-electron chi connectivity index (χ1n) is 9.70. The number of anilines is 1. The minimum Gasteiger partial charge on any atom is -0.493 e. The van der Waals surface area contributed by atoms with Gasteiger partial charge in [0.25, 0.3) is 5.91 Å². The van der Waals surface area contributed by atoms with Crippen molar-refractivity contribution in [3.8, 4) is 28.5 Å². The summed E-state index contributed by atoms with van der Waals surface area (Å²) in [5, 5.41) is 18.7. The minimum absolute atomic E-state index is 0.0242. The largest absolute Gasteiger partial charge is 0.493 e. The number of amides is 1. The van der Waals surface area contributed by atoms with Crippen LogP contribution in [0.1, 0.15) is 10.4 Å². The molecule has 4 aromatic rings. The number of carbonyl (C=O) groups is 1. The Morgan fingerprint density at radius 2 is 1.73 bits per heavy atom. The molecular formula is C23H19N3O6S. The van der Waals surface area contributed by atoms with Crippen LogP contribution in [0, 0.1) is 10.1 Å². The normalized spacial score (nSPS) is 10.6. The summed E-state index contributed by atoms with van der Waals surface area (Å²) < 4.78 is 15.6. The monoisotopic (exact) mass is 465 g/mol. The van der Waals surface area contributed by atoms with E-state index in [-0.39, 0.29) is 22.8 Å². The van der Waals surface area contributed by atoms with Crippen LogP contribution in [0.15, 0.2) is 53.9 Å². The highest BCUT2D eigenvalue weighted by Gasteiger charge is 2.32. The number of benzene rings is 3. The van der Waals surface area contributed by atoms with Gasteiger partial charge in [0.05, 0.1) is 31.9 Å². The molecule has 168 valence electrons.